The minimum absolute atomic E-state index is 0.0368. The highest BCUT2D eigenvalue weighted by molar-refractivity contribution is 7.89. The summed E-state index contributed by atoms with van der Waals surface area (Å²) in [5.74, 6) is -0.537. The fourth-order valence-corrected chi connectivity index (χ4v) is 2.77. The molecule has 1 aliphatic rings. The van der Waals surface area contributed by atoms with E-state index in [1.54, 1.807) is 19.1 Å². The molecular formula is C12H16N4O4S. The first-order valence-electron chi connectivity index (χ1n) is 6.22. The molecule has 1 aromatic carbocycles. The molecule has 114 valence electrons. The van der Waals surface area contributed by atoms with Crippen LogP contribution in [0.2, 0.25) is 0 Å². The Hall–Kier alpha value is -1.97. The molecule has 1 aliphatic heterocycles. The first kappa shape index (κ1) is 15.4. The smallest absolute Gasteiger partial charge is 0.243 e. The van der Waals surface area contributed by atoms with Crippen LogP contribution >= 0.6 is 0 Å². The predicted octanol–water partition coefficient (Wildman–Crippen LogP) is -1.33. The quantitative estimate of drug-likeness (QED) is 0.549. The zero-order valence-corrected chi connectivity index (χ0v) is 12.2. The number of piperazine rings is 1. The van der Waals surface area contributed by atoms with Gasteiger partial charge in [0.2, 0.25) is 21.8 Å². The SMILES string of the molecule is Cc1ccc(NC(=O)C2CNC(=O)CN2)cc1S(N)(=O)=O. The Morgan fingerprint density at radius 1 is 1.43 bits per heavy atom. The fraction of sp³-hybridized carbons (Fsp3) is 0.333. The van der Waals surface area contributed by atoms with Crippen molar-refractivity contribution in [1.82, 2.24) is 10.6 Å². The lowest BCUT2D eigenvalue weighted by Crippen LogP contribution is -2.56. The van der Waals surface area contributed by atoms with Gasteiger partial charge in [-0.3, -0.25) is 14.9 Å². The summed E-state index contributed by atoms with van der Waals surface area (Å²) in [6, 6.07) is 3.89. The molecule has 1 saturated heterocycles. The van der Waals surface area contributed by atoms with Crippen molar-refractivity contribution < 1.29 is 18.0 Å². The molecule has 0 aliphatic carbocycles. The van der Waals surface area contributed by atoms with Crippen molar-refractivity contribution in [1.29, 1.82) is 0 Å². The van der Waals surface area contributed by atoms with Crippen molar-refractivity contribution >= 4 is 27.5 Å². The standard InChI is InChI=1S/C12H16N4O4S/c1-7-2-3-8(4-10(7)21(13,19)20)16-12(18)9-5-15-11(17)6-14-9/h2-4,9,14H,5-6H2,1H3,(H,15,17)(H,16,18)(H2,13,19,20). The molecule has 0 radical (unpaired) electrons. The topological polar surface area (TPSA) is 130 Å². The molecule has 2 rings (SSSR count). The maximum atomic E-state index is 12.0. The molecule has 1 atom stereocenters. The number of carbonyl (C=O) groups excluding carboxylic acids is 2. The van der Waals surface area contributed by atoms with Crippen molar-refractivity contribution in [2.45, 2.75) is 17.9 Å². The van der Waals surface area contributed by atoms with Crippen LogP contribution in [0, 0.1) is 6.92 Å². The second kappa shape index (κ2) is 5.80. The van der Waals surface area contributed by atoms with Gasteiger partial charge < -0.3 is 10.6 Å². The van der Waals surface area contributed by atoms with E-state index in [2.05, 4.69) is 16.0 Å². The third-order valence-electron chi connectivity index (χ3n) is 3.09. The van der Waals surface area contributed by atoms with Crippen molar-refractivity contribution in [3.63, 3.8) is 0 Å². The summed E-state index contributed by atoms with van der Waals surface area (Å²) < 4.78 is 22.9. The van der Waals surface area contributed by atoms with Gasteiger partial charge >= 0.3 is 0 Å². The molecule has 5 N–H and O–H groups in total. The molecule has 0 aromatic heterocycles. The Balaban J connectivity index is 2.13. The summed E-state index contributed by atoms with van der Waals surface area (Å²) in [4.78, 5) is 23.0. The highest BCUT2D eigenvalue weighted by atomic mass is 32.2. The lowest BCUT2D eigenvalue weighted by Gasteiger charge is -2.23. The highest BCUT2D eigenvalue weighted by Crippen LogP contribution is 2.19. The predicted molar refractivity (Wildman–Crippen MR) is 76.0 cm³/mol. The van der Waals surface area contributed by atoms with Crippen LogP contribution in [0.3, 0.4) is 0 Å². The molecule has 2 amide bonds. The third-order valence-corrected chi connectivity index (χ3v) is 4.14. The van der Waals surface area contributed by atoms with Gasteiger partial charge in [-0.25, -0.2) is 13.6 Å². The molecule has 1 unspecified atom stereocenters. The van der Waals surface area contributed by atoms with E-state index in [9.17, 15) is 18.0 Å². The minimum atomic E-state index is -3.85. The monoisotopic (exact) mass is 312 g/mol. The van der Waals surface area contributed by atoms with E-state index in [1.165, 1.54) is 6.07 Å². The highest BCUT2D eigenvalue weighted by Gasteiger charge is 2.24. The van der Waals surface area contributed by atoms with Crippen LogP contribution < -0.4 is 21.1 Å². The second-order valence-electron chi connectivity index (χ2n) is 4.75. The van der Waals surface area contributed by atoms with E-state index in [1.807, 2.05) is 0 Å². The minimum Gasteiger partial charge on any atom is -0.353 e. The molecule has 8 nitrogen and oxygen atoms in total. The lowest BCUT2D eigenvalue weighted by molar-refractivity contribution is -0.124. The van der Waals surface area contributed by atoms with Gasteiger partial charge in [0.1, 0.15) is 6.04 Å². The lowest BCUT2D eigenvalue weighted by atomic mass is 10.2. The van der Waals surface area contributed by atoms with E-state index in [0.29, 0.717) is 11.3 Å². The van der Waals surface area contributed by atoms with E-state index in [4.69, 9.17) is 5.14 Å². The van der Waals surface area contributed by atoms with Crippen LogP contribution in [0.1, 0.15) is 5.56 Å². The molecule has 0 spiro atoms. The summed E-state index contributed by atoms with van der Waals surface area (Å²) in [5, 5.41) is 13.1. The number of aryl methyl sites for hydroxylation is 1. The Kier molecular flexibility index (Phi) is 4.26. The molecule has 9 heteroatoms. The summed E-state index contributed by atoms with van der Waals surface area (Å²) >= 11 is 0. The Morgan fingerprint density at radius 2 is 2.14 bits per heavy atom. The van der Waals surface area contributed by atoms with Crippen LogP contribution in [0.15, 0.2) is 23.1 Å². The number of benzene rings is 1. The van der Waals surface area contributed by atoms with Gasteiger partial charge in [-0.2, -0.15) is 0 Å². The number of amides is 2. The van der Waals surface area contributed by atoms with Gasteiger partial charge in [0, 0.05) is 12.2 Å². The van der Waals surface area contributed by atoms with Crippen LogP contribution in [-0.2, 0) is 19.6 Å². The molecule has 21 heavy (non-hydrogen) atoms. The maximum Gasteiger partial charge on any atom is 0.243 e. The zero-order chi connectivity index (χ0) is 15.6. The van der Waals surface area contributed by atoms with Crippen LogP contribution in [0.4, 0.5) is 5.69 Å². The first-order valence-corrected chi connectivity index (χ1v) is 7.76. The van der Waals surface area contributed by atoms with Gasteiger partial charge in [0.25, 0.3) is 0 Å². The first-order chi connectivity index (χ1) is 9.77. The summed E-state index contributed by atoms with van der Waals surface area (Å²) in [6.45, 7) is 1.86. The number of nitrogens with two attached hydrogens (primary N) is 1. The van der Waals surface area contributed by atoms with E-state index in [-0.39, 0.29) is 29.8 Å². The van der Waals surface area contributed by atoms with Crippen molar-refractivity contribution in [2.24, 2.45) is 5.14 Å². The average molecular weight is 312 g/mol. The fourth-order valence-electron chi connectivity index (χ4n) is 1.97. The molecule has 0 bridgehead atoms. The van der Waals surface area contributed by atoms with E-state index >= 15 is 0 Å². The maximum absolute atomic E-state index is 12.0. The summed E-state index contributed by atoms with van der Waals surface area (Å²) in [7, 11) is -3.85. The molecule has 1 fully saturated rings. The molecule has 0 saturated carbocycles. The molecular weight excluding hydrogens is 296 g/mol. The van der Waals surface area contributed by atoms with Crippen LogP contribution in [0.5, 0.6) is 0 Å². The van der Waals surface area contributed by atoms with E-state index in [0.717, 1.165) is 0 Å². The van der Waals surface area contributed by atoms with Crippen molar-refractivity contribution in [3.8, 4) is 0 Å². The number of hydrogen-bond donors (Lipinski definition) is 4. The van der Waals surface area contributed by atoms with Crippen molar-refractivity contribution in [2.75, 3.05) is 18.4 Å². The van der Waals surface area contributed by atoms with Crippen LogP contribution in [0.25, 0.3) is 0 Å². The number of hydrogen-bond acceptors (Lipinski definition) is 5. The number of sulfonamides is 1. The number of nitrogens with one attached hydrogen (secondary N) is 3. The van der Waals surface area contributed by atoms with E-state index < -0.39 is 16.1 Å². The zero-order valence-electron chi connectivity index (χ0n) is 11.3. The third kappa shape index (κ3) is 3.78. The molecule has 1 heterocycles. The average Bonchev–Trinajstić information content (AvgIpc) is 2.40. The Morgan fingerprint density at radius 3 is 2.71 bits per heavy atom. The summed E-state index contributed by atoms with van der Waals surface area (Å²) in [6.07, 6.45) is 0. The van der Waals surface area contributed by atoms with Crippen molar-refractivity contribution in [3.05, 3.63) is 23.8 Å². The Bertz CT molecular complexity index is 676. The number of anilines is 1. The van der Waals surface area contributed by atoms with Gasteiger partial charge in [-0.05, 0) is 24.6 Å². The van der Waals surface area contributed by atoms with Gasteiger partial charge in [0.05, 0.1) is 11.4 Å². The Labute approximate surface area is 122 Å². The largest absolute Gasteiger partial charge is 0.353 e. The number of rotatable bonds is 3. The van der Waals surface area contributed by atoms with Gasteiger partial charge in [0.15, 0.2) is 0 Å². The van der Waals surface area contributed by atoms with Gasteiger partial charge in [-0.1, -0.05) is 6.07 Å². The summed E-state index contributed by atoms with van der Waals surface area (Å²) in [5.41, 5.74) is 0.826. The normalized spacial score (nSPS) is 19.0. The molecule has 1 aromatic rings. The van der Waals surface area contributed by atoms with Gasteiger partial charge in [-0.15, -0.1) is 0 Å². The number of carbonyl (C=O) groups is 2. The van der Waals surface area contributed by atoms with Crippen LogP contribution in [-0.4, -0.2) is 39.4 Å². The number of primary sulfonamides is 1. The second-order valence-corrected chi connectivity index (χ2v) is 6.28.